The Labute approximate surface area is 151 Å². The van der Waals surface area contributed by atoms with Crippen LogP contribution in [0.1, 0.15) is 30.2 Å². The first-order chi connectivity index (χ1) is 12.3. The van der Waals surface area contributed by atoms with Crippen molar-refractivity contribution in [3.8, 4) is 11.5 Å². The maximum Gasteiger partial charge on any atom is 0.241 e. The highest BCUT2D eigenvalue weighted by Gasteiger charge is 2.23. The van der Waals surface area contributed by atoms with Crippen molar-refractivity contribution >= 4 is 11.6 Å². The summed E-state index contributed by atoms with van der Waals surface area (Å²) < 4.78 is 5.42. The molecule has 1 aliphatic heterocycles. The first kappa shape index (κ1) is 16.2. The van der Waals surface area contributed by atoms with Gasteiger partial charge in [0.2, 0.25) is 11.7 Å². The number of halogens is 1. The summed E-state index contributed by atoms with van der Waals surface area (Å²) in [4.78, 5) is 11.1. The summed E-state index contributed by atoms with van der Waals surface area (Å²) in [6.07, 6.45) is 4.09. The highest BCUT2D eigenvalue weighted by molar-refractivity contribution is 6.30. The average Bonchev–Trinajstić information content (AvgIpc) is 3.12. The van der Waals surface area contributed by atoms with E-state index in [9.17, 15) is 0 Å². The lowest BCUT2D eigenvalue weighted by Gasteiger charge is -2.32. The van der Waals surface area contributed by atoms with Crippen LogP contribution in [0.4, 0.5) is 0 Å². The quantitative estimate of drug-likeness (QED) is 0.704. The first-order valence-corrected chi connectivity index (χ1v) is 8.87. The van der Waals surface area contributed by atoms with Crippen LogP contribution in [0.2, 0.25) is 5.02 Å². The van der Waals surface area contributed by atoms with Crippen LogP contribution in [0.3, 0.4) is 0 Å². The highest BCUT2D eigenvalue weighted by Crippen LogP contribution is 2.28. The van der Waals surface area contributed by atoms with E-state index in [0.29, 0.717) is 24.2 Å². The molecule has 4 rings (SSSR count). The van der Waals surface area contributed by atoms with Gasteiger partial charge >= 0.3 is 0 Å². The molecule has 2 aromatic heterocycles. The maximum absolute atomic E-state index is 6.00. The van der Waals surface area contributed by atoms with E-state index in [2.05, 4.69) is 32.2 Å². The number of rotatable bonds is 4. The van der Waals surface area contributed by atoms with Gasteiger partial charge in [-0.15, -0.1) is 0 Å². The van der Waals surface area contributed by atoms with E-state index < -0.39 is 0 Å². The Morgan fingerprint density at radius 2 is 2.04 bits per heavy atom. The molecule has 1 fully saturated rings. The zero-order valence-electron chi connectivity index (χ0n) is 13.8. The van der Waals surface area contributed by atoms with Gasteiger partial charge in [-0.25, -0.2) is 0 Å². The summed E-state index contributed by atoms with van der Waals surface area (Å²) in [6.45, 7) is 2.71. The zero-order valence-corrected chi connectivity index (χ0v) is 14.6. The smallest absolute Gasteiger partial charge is 0.241 e. The van der Waals surface area contributed by atoms with Crippen LogP contribution in [0, 0.1) is 0 Å². The number of piperidine rings is 1. The molecule has 128 valence electrons. The molecule has 0 amide bonds. The van der Waals surface area contributed by atoms with Crippen molar-refractivity contribution in [3.63, 3.8) is 0 Å². The minimum absolute atomic E-state index is 0.518. The van der Waals surface area contributed by atoms with Gasteiger partial charge in [-0.2, -0.15) is 4.98 Å². The predicted molar refractivity (Wildman–Crippen MR) is 96.2 cm³/mol. The van der Waals surface area contributed by atoms with Crippen molar-refractivity contribution < 1.29 is 4.52 Å². The number of pyridine rings is 1. The van der Waals surface area contributed by atoms with Gasteiger partial charge in [0.15, 0.2) is 0 Å². The number of benzene rings is 1. The maximum atomic E-state index is 6.00. The summed E-state index contributed by atoms with van der Waals surface area (Å²) >= 11 is 6.00. The summed E-state index contributed by atoms with van der Waals surface area (Å²) in [7, 11) is 0. The lowest BCUT2D eigenvalue weighted by molar-refractivity contribution is 0.177. The van der Waals surface area contributed by atoms with E-state index in [4.69, 9.17) is 16.1 Å². The molecule has 0 unspecified atom stereocenters. The summed E-state index contributed by atoms with van der Waals surface area (Å²) in [5.41, 5.74) is 2.07. The van der Waals surface area contributed by atoms with Gasteiger partial charge < -0.3 is 4.52 Å². The highest BCUT2D eigenvalue weighted by atomic mass is 35.5. The van der Waals surface area contributed by atoms with Gasteiger partial charge in [-0.1, -0.05) is 35.0 Å². The van der Waals surface area contributed by atoms with Crippen molar-refractivity contribution in [2.75, 3.05) is 13.1 Å². The van der Waals surface area contributed by atoms with Gasteiger partial charge in [0.25, 0.3) is 0 Å². The molecule has 0 spiro atoms. The van der Waals surface area contributed by atoms with Crippen LogP contribution in [0.25, 0.3) is 11.5 Å². The van der Waals surface area contributed by atoms with Gasteiger partial charge in [0.1, 0.15) is 5.69 Å². The third-order valence-corrected chi connectivity index (χ3v) is 4.82. The second-order valence-corrected chi connectivity index (χ2v) is 6.79. The van der Waals surface area contributed by atoms with Gasteiger partial charge in [-0.05, 0) is 55.1 Å². The summed E-state index contributed by atoms with van der Waals surface area (Å²) in [5, 5.41) is 4.83. The van der Waals surface area contributed by atoms with E-state index in [1.165, 1.54) is 12.0 Å². The van der Waals surface area contributed by atoms with E-state index >= 15 is 0 Å². The summed E-state index contributed by atoms with van der Waals surface area (Å²) in [5.74, 6) is 1.70. The predicted octanol–water partition coefficient (Wildman–Crippen LogP) is 4.16. The number of nitrogens with zero attached hydrogens (tertiary/aromatic N) is 4. The molecule has 0 saturated carbocycles. The Kier molecular flexibility index (Phi) is 4.76. The van der Waals surface area contributed by atoms with Crippen LogP contribution in [0.5, 0.6) is 0 Å². The molecule has 0 aliphatic carbocycles. The molecule has 0 N–H and O–H groups in total. The number of aromatic nitrogens is 3. The van der Waals surface area contributed by atoms with Crippen molar-refractivity contribution in [2.45, 2.75) is 25.3 Å². The molecule has 1 saturated heterocycles. The van der Waals surface area contributed by atoms with Crippen LogP contribution < -0.4 is 0 Å². The molecule has 5 nitrogen and oxygen atoms in total. The van der Waals surface area contributed by atoms with Crippen LogP contribution >= 0.6 is 11.6 Å². The Morgan fingerprint density at radius 3 is 2.84 bits per heavy atom. The molecule has 0 radical (unpaired) electrons. The van der Waals surface area contributed by atoms with E-state index in [0.717, 1.165) is 30.2 Å². The van der Waals surface area contributed by atoms with Crippen LogP contribution in [0.15, 0.2) is 53.2 Å². The topological polar surface area (TPSA) is 55.1 Å². The number of hydrogen-bond acceptors (Lipinski definition) is 5. The molecule has 3 aromatic rings. The second-order valence-electron chi connectivity index (χ2n) is 6.35. The van der Waals surface area contributed by atoms with E-state index in [1.54, 1.807) is 6.20 Å². The molecular weight excluding hydrogens is 336 g/mol. The molecular formula is C19H19ClN4O. The standard InChI is InChI=1S/C19H19ClN4O/c20-16-8-6-14(7-9-16)15-4-3-11-24(12-15)13-18-22-19(23-25-18)17-5-1-2-10-21-17/h1-2,5-10,15H,3-4,11-13H2/t15-/m0/s1. The van der Waals surface area contributed by atoms with Crippen LogP contribution in [-0.4, -0.2) is 33.1 Å². The van der Waals surface area contributed by atoms with Crippen molar-refractivity contribution in [1.82, 2.24) is 20.0 Å². The monoisotopic (exact) mass is 354 g/mol. The van der Waals surface area contributed by atoms with E-state index in [-0.39, 0.29) is 0 Å². The van der Waals surface area contributed by atoms with Crippen molar-refractivity contribution in [1.29, 1.82) is 0 Å². The SMILES string of the molecule is Clc1ccc([C@H]2CCCN(Cc3nc(-c4ccccn4)no3)C2)cc1. The van der Waals surface area contributed by atoms with Crippen molar-refractivity contribution in [3.05, 3.63) is 65.1 Å². The van der Waals surface area contributed by atoms with Gasteiger partial charge in [-0.3, -0.25) is 9.88 Å². The second kappa shape index (κ2) is 7.33. The molecule has 6 heteroatoms. The van der Waals surface area contributed by atoms with Crippen LogP contribution in [-0.2, 0) is 6.54 Å². The largest absolute Gasteiger partial charge is 0.337 e. The number of likely N-dealkylation sites (tertiary alicyclic amines) is 1. The molecule has 1 atom stereocenters. The normalized spacial score (nSPS) is 18.4. The lowest BCUT2D eigenvalue weighted by Crippen LogP contribution is -2.34. The molecule has 1 aliphatic rings. The lowest BCUT2D eigenvalue weighted by atomic mass is 9.91. The fourth-order valence-electron chi connectivity index (χ4n) is 3.32. The van der Waals surface area contributed by atoms with Crippen molar-refractivity contribution in [2.24, 2.45) is 0 Å². The third-order valence-electron chi connectivity index (χ3n) is 4.57. The van der Waals surface area contributed by atoms with Gasteiger partial charge in [0.05, 0.1) is 6.54 Å². The third kappa shape index (κ3) is 3.89. The Morgan fingerprint density at radius 1 is 1.16 bits per heavy atom. The Balaban J connectivity index is 1.42. The number of hydrogen-bond donors (Lipinski definition) is 0. The average molecular weight is 355 g/mol. The minimum Gasteiger partial charge on any atom is -0.337 e. The van der Waals surface area contributed by atoms with Gasteiger partial charge in [0, 0.05) is 17.8 Å². The fourth-order valence-corrected chi connectivity index (χ4v) is 3.44. The fraction of sp³-hybridized carbons (Fsp3) is 0.316. The molecule has 0 bridgehead atoms. The molecule has 25 heavy (non-hydrogen) atoms. The zero-order chi connectivity index (χ0) is 17.1. The summed E-state index contributed by atoms with van der Waals surface area (Å²) in [6, 6.07) is 13.9. The minimum atomic E-state index is 0.518. The molecule has 1 aromatic carbocycles. The Hall–Kier alpha value is -2.24. The first-order valence-electron chi connectivity index (χ1n) is 8.50. The molecule has 3 heterocycles. The Bertz CT molecular complexity index is 819. The van der Waals surface area contributed by atoms with E-state index in [1.807, 2.05) is 30.3 Å².